The van der Waals surface area contributed by atoms with Gasteiger partial charge in [-0.25, -0.2) is 4.79 Å². The first-order valence-corrected chi connectivity index (χ1v) is 9.89. The Labute approximate surface area is 170 Å². The van der Waals surface area contributed by atoms with Crippen LogP contribution in [0.5, 0.6) is 0 Å². The van der Waals surface area contributed by atoms with Gasteiger partial charge in [0.15, 0.2) is 5.82 Å². The van der Waals surface area contributed by atoms with E-state index in [1.165, 1.54) is 0 Å². The summed E-state index contributed by atoms with van der Waals surface area (Å²) in [6.07, 6.45) is -0.294. The molecule has 1 fully saturated rings. The molecule has 8 nitrogen and oxygen atoms in total. The van der Waals surface area contributed by atoms with E-state index < -0.39 is 6.04 Å². The van der Waals surface area contributed by atoms with Crippen LogP contribution in [0.2, 0.25) is 0 Å². The van der Waals surface area contributed by atoms with Gasteiger partial charge >= 0.3 is 6.09 Å². The highest BCUT2D eigenvalue weighted by atomic mass is 16.6. The molecular weight excluding hydrogens is 372 g/mol. The van der Waals surface area contributed by atoms with Gasteiger partial charge in [0, 0.05) is 32.2 Å². The van der Waals surface area contributed by atoms with E-state index in [2.05, 4.69) is 15.4 Å². The molecule has 0 radical (unpaired) electrons. The number of ether oxygens (including phenoxy) is 1. The van der Waals surface area contributed by atoms with Crippen LogP contribution in [0.4, 0.5) is 10.6 Å². The van der Waals surface area contributed by atoms with E-state index in [-0.39, 0.29) is 12.0 Å². The summed E-state index contributed by atoms with van der Waals surface area (Å²) in [5, 5.41) is 6.69. The highest BCUT2D eigenvalue weighted by Crippen LogP contribution is 2.24. The summed E-state index contributed by atoms with van der Waals surface area (Å²) < 4.78 is 10.4. The number of carbonyl (C=O) groups is 2. The number of rotatable bonds is 6. The van der Waals surface area contributed by atoms with Gasteiger partial charge in [-0.3, -0.25) is 9.69 Å². The first kappa shape index (κ1) is 20.9. The van der Waals surface area contributed by atoms with E-state index >= 15 is 0 Å². The molecular formula is C21H28N4O4. The zero-order chi connectivity index (χ0) is 20.8. The lowest BCUT2D eigenvalue weighted by atomic mass is 10.0. The number of nitrogens with zero attached hydrogens (tertiary/aromatic N) is 3. The normalized spacial score (nSPS) is 15.9. The first-order chi connectivity index (χ1) is 13.9. The van der Waals surface area contributed by atoms with Gasteiger partial charge in [0.25, 0.3) is 0 Å². The molecule has 1 aromatic carbocycles. The molecule has 0 spiro atoms. The molecule has 1 aliphatic rings. The van der Waals surface area contributed by atoms with E-state index in [9.17, 15) is 9.59 Å². The highest BCUT2D eigenvalue weighted by Gasteiger charge is 2.32. The molecule has 29 heavy (non-hydrogen) atoms. The highest BCUT2D eigenvalue weighted by molar-refractivity contribution is 5.94. The minimum atomic E-state index is -0.484. The summed E-state index contributed by atoms with van der Waals surface area (Å²) in [5.74, 6) is 1.14. The Bertz CT molecular complexity index is 813. The molecule has 1 saturated heterocycles. The summed E-state index contributed by atoms with van der Waals surface area (Å²) in [5.41, 5.74) is 0.890. The number of amides is 2. The van der Waals surface area contributed by atoms with Gasteiger partial charge in [-0.05, 0) is 18.4 Å². The maximum atomic E-state index is 13.1. The van der Waals surface area contributed by atoms with Crippen molar-refractivity contribution in [1.29, 1.82) is 0 Å². The van der Waals surface area contributed by atoms with Crippen molar-refractivity contribution in [2.45, 2.75) is 26.8 Å². The second-order valence-corrected chi connectivity index (χ2v) is 7.62. The maximum absolute atomic E-state index is 13.1. The standard InChI is InChI=1S/C21H28N4O4/c1-15(2)14-28-21(27)25-11-9-24(10-12-25)19(17-7-5-4-6-8-17)20(26)22-18-13-16(3)29-23-18/h4-8,13,15,19H,9-12,14H2,1-3H3,(H,22,23,26). The second kappa shape index (κ2) is 9.56. The van der Waals surface area contributed by atoms with Crippen LogP contribution in [-0.4, -0.2) is 59.7 Å². The molecule has 2 amide bonds. The van der Waals surface area contributed by atoms with E-state index in [1.54, 1.807) is 17.9 Å². The molecule has 1 aromatic heterocycles. The van der Waals surface area contributed by atoms with E-state index in [0.717, 1.165) is 5.56 Å². The second-order valence-electron chi connectivity index (χ2n) is 7.62. The lowest BCUT2D eigenvalue weighted by Crippen LogP contribution is -2.51. The molecule has 3 rings (SSSR count). The molecule has 1 unspecified atom stereocenters. The average molecular weight is 400 g/mol. The van der Waals surface area contributed by atoms with Crippen molar-refractivity contribution >= 4 is 17.8 Å². The fourth-order valence-electron chi connectivity index (χ4n) is 3.28. The Morgan fingerprint density at radius 3 is 2.45 bits per heavy atom. The van der Waals surface area contributed by atoms with Gasteiger partial charge in [-0.15, -0.1) is 0 Å². The van der Waals surface area contributed by atoms with Crippen molar-refractivity contribution in [1.82, 2.24) is 15.0 Å². The number of piperazine rings is 1. The topological polar surface area (TPSA) is 87.9 Å². The third-order valence-corrected chi connectivity index (χ3v) is 4.72. The number of carbonyl (C=O) groups excluding carboxylic acids is 2. The fourth-order valence-corrected chi connectivity index (χ4v) is 3.28. The van der Waals surface area contributed by atoms with E-state index in [4.69, 9.17) is 9.26 Å². The minimum absolute atomic E-state index is 0.180. The summed E-state index contributed by atoms with van der Waals surface area (Å²) in [4.78, 5) is 29.1. The quantitative estimate of drug-likeness (QED) is 0.802. The zero-order valence-corrected chi connectivity index (χ0v) is 17.1. The van der Waals surface area contributed by atoms with E-state index in [1.807, 2.05) is 44.2 Å². The van der Waals surface area contributed by atoms with Crippen LogP contribution in [0.1, 0.15) is 31.2 Å². The number of hydrogen-bond donors (Lipinski definition) is 1. The molecule has 1 N–H and O–H groups in total. The summed E-state index contributed by atoms with van der Waals surface area (Å²) >= 11 is 0. The van der Waals surface area contributed by atoms with Crippen molar-refractivity contribution in [3.63, 3.8) is 0 Å². The van der Waals surface area contributed by atoms with Crippen LogP contribution in [0.25, 0.3) is 0 Å². The molecule has 156 valence electrons. The molecule has 0 aliphatic carbocycles. The molecule has 1 atom stereocenters. The number of anilines is 1. The van der Waals surface area contributed by atoms with Crippen molar-refractivity contribution in [3.8, 4) is 0 Å². The number of aryl methyl sites for hydroxylation is 1. The maximum Gasteiger partial charge on any atom is 0.409 e. The number of aromatic nitrogens is 1. The van der Waals surface area contributed by atoms with Crippen LogP contribution >= 0.6 is 0 Å². The van der Waals surface area contributed by atoms with Gasteiger partial charge in [0.05, 0.1) is 6.61 Å². The van der Waals surface area contributed by atoms with Crippen LogP contribution in [-0.2, 0) is 9.53 Å². The average Bonchev–Trinajstić information content (AvgIpc) is 3.12. The molecule has 8 heteroatoms. The Morgan fingerprint density at radius 2 is 1.86 bits per heavy atom. The molecule has 2 heterocycles. The van der Waals surface area contributed by atoms with E-state index in [0.29, 0.717) is 50.3 Å². The van der Waals surface area contributed by atoms with Crippen LogP contribution < -0.4 is 5.32 Å². The van der Waals surface area contributed by atoms with Gasteiger partial charge in [-0.1, -0.05) is 49.3 Å². The smallest absolute Gasteiger partial charge is 0.409 e. The molecule has 0 bridgehead atoms. The monoisotopic (exact) mass is 400 g/mol. The minimum Gasteiger partial charge on any atom is -0.449 e. The number of nitrogens with one attached hydrogen (secondary N) is 1. The Kier molecular flexibility index (Phi) is 6.87. The molecule has 1 aliphatic heterocycles. The third kappa shape index (κ3) is 5.57. The van der Waals surface area contributed by atoms with Crippen molar-refractivity contribution < 1.29 is 18.8 Å². The lowest BCUT2D eigenvalue weighted by molar-refractivity contribution is -0.122. The lowest BCUT2D eigenvalue weighted by Gasteiger charge is -2.38. The predicted molar refractivity (Wildman–Crippen MR) is 108 cm³/mol. The molecule has 0 saturated carbocycles. The Morgan fingerprint density at radius 1 is 1.17 bits per heavy atom. The zero-order valence-electron chi connectivity index (χ0n) is 17.1. The van der Waals surface area contributed by atoms with Crippen LogP contribution in [0.15, 0.2) is 40.9 Å². The Balaban J connectivity index is 1.68. The van der Waals surface area contributed by atoms with Crippen molar-refractivity contribution in [2.75, 3.05) is 38.1 Å². The number of benzene rings is 1. The van der Waals surface area contributed by atoms with Crippen molar-refractivity contribution in [2.24, 2.45) is 5.92 Å². The summed E-state index contributed by atoms with van der Waals surface area (Å²) in [7, 11) is 0. The van der Waals surface area contributed by atoms with Gasteiger partial charge in [0.1, 0.15) is 11.8 Å². The fraction of sp³-hybridized carbons (Fsp3) is 0.476. The molecule has 2 aromatic rings. The predicted octanol–water partition coefficient (Wildman–Crippen LogP) is 3.07. The first-order valence-electron chi connectivity index (χ1n) is 9.89. The van der Waals surface area contributed by atoms with Crippen molar-refractivity contribution in [3.05, 3.63) is 47.7 Å². The van der Waals surface area contributed by atoms with Crippen LogP contribution in [0.3, 0.4) is 0 Å². The summed E-state index contributed by atoms with van der Waals surface area (Å²) in [6, 6.07) is 10.8. The Hall–Kier alpha value is -2.87. The third-order valence-electron chi connectivity index (χ3n) is 4.72. The van der Waals surface area contributed by atoms with Gasteiger partial charge in [-0.2, -0.15) is 0 Å². The van der Waals surface area contributed by atoms with Gasteiger partial charge in [0.2, 0.25) is 5.91 Å². The van der Waals surface area contributed by atoms with Crippen LogP contribution in [0, 0.1) is 12.8 Å². The largest absolute Gasteiger partial charge is 0.449 e. The SMILES string of the molecule is Cc1cc(NC(=O)C(c2ccccc2)N2CCN(C(=O)OCC(C)C)CC2)no1. The van der Waals surface area contributed by atoms with Gasteiger partial charge < -0.3 is 19.5 Å². The summed E-state index contributed by atoms with van der Waals surface area (Å²) in [6.45, 7) is 8.35. The number of hydrogen-bond acceptors (Lipinski definition) is 6.